The van der Waals surface area contributed by atoms with Crippen LogP contribution in [0.2, 0.25) is 0 Å². The first-order chi connectivity index (χ1) is 12.4. The molecule has 0 radical (unpaired) electrons. The zero-order valence-corrected chi connectivity index (χ0v) is 15.3. The van der Waals surface area contributed by atoms with Crippen LogP contribution >= 0.6 is 0 Å². The Morgan fingerprint density at radius 3 is 0.600 bits per heavy atom. The fourth-order valence-corrected chi connectivity index (χ4v) is 1.59. The number of ether oxygens (including phenoxy) is 7. The predicted octanol–water partition coefficient (Wildman–Crippen LogP) is -0.980. The number of rotatable bonds is 22. The smallest absolute Gasteiger partial charge is 0.0701 e. The highest BCUT2D eigenvalue weighted by Crippen LogP contribution is 1.84. The third-order valence-corrected chi connectivity index (χ3v) is 2.76. The summed E-state index contributed by atoms with van der Waals surface area (Å²) in [7, 11) is 0. The summed E-state index contributed by atoms with van der Waals surface area (Å²) in [6.45, 7) is 8.79. The van der Waals surface area contributed by atoms with E-state index in [2.05, 4.69) is 0 Å². The molecule has 152 valence electrons. The Hall–Kier alpha value is -0.360. The average molecular weight is 368 g/mol. The monoisotopic (exact) mass is 368 g/mol. The van der Waals surface area contributed by atoms with Crippen LogP contribution in [-0.2, 0) is 33.2 Å². The molecule has 0 unspecified atom stereocenters. The zero-order valence-electron chi connectivity index (χ0n) is 15.3. The minimum absolute atomic E-state index is 0.535. The largest absolute Gasteiger partial charge is 0.378 e. The van der Waals surface area contributed by atoms with E-state index in [0.717, 1.165) is 0 Å². The van der Waals surface area contributed by atoms with Gasteiger partial charge in [0.05, 0.1) is 92.5 Å². The lowest BCUT2D eigenvalue weighted by Crippen LogP contribution is -2.15. The van der Waals surface area contributed by atoms with Crippen molar-refractivity contribution in [2.45, 2.75) is 0 Å². The van der Waals surface area contributed by atoms with Crippen LogP contribution in [0, 0.1) is 0 Å². The summed E-state index contributed by atoms with van der Waals surface area (Å²) < 4.78 is 37.1. The van der Waals surface area contributed by atoms with Gasteiger partial charge in [0.15, 0.2) is 0 Å². The molecule has 0 aromatic heterocycles. The molecule has 9 heteroatoms. The first kappa shape index (κ1) is 24.6. The van der Waals surface area contributed by atoms with E-state index in [1.165, 1.54) is 0 Å². The predicted molar refractivity (Wildman–Crippen MR) is 93.8 cm³/mol. The first-order valence-corrected chi connectivity index (χ1v) is 8.86. The average Bonchev–Trinajstić information content (AvgIpc) is 2.63. The van der Waals surface area contributed by atoms with Crippen molar-refractivity contribution in [1.82, 2.24) is 0 Å². The summed E-state index contributed by atoms with van der Waals surface area (Å²) in [4.78, 5) is 0. The number of hydrogen-bond acceptors (Lipinski definition) is 9. The molecule has 0 aromatic carbocycles. The van der Waals surface area contributed by atoms with E-state index >= 15 is 0 Å². The molecular formula is C16H36N2O7. The fraction of sp³-hybridized carbons (Fsp3) is 1.00. The molecule has 0 aliphatic carbocycles. The van der Waals surface area contributed by atoms with E-state index in [1.807, 2.05) is 0 Å². The quantitative estimate of drug-likeness (QED) is 0.233. The van der Waals surface area contributed by atoms with Gasteiger partial charge in [0, 0.05) is 13.1 Å². The maximum Gasteiger partial charge on any atom is 0.0701 e. The van der Waals surface area contributed by atoms with Crippen LogP contribution in [0.3, 0.4) is 0 Å². The minimum atomic E-state index is 0.535. The van der Waals surface area contributed by atoms with Crippen LogP contribution in [0.1, 0.15) is 0 Å². The highest BCUT2D eigenvalue weighted by Gasteiger charge is 1.94. The van der Waals surface area contributed by atoms with Gasteiger partial charge in [0.1, 0.15) is 0 Å². The Labute approximate surface area is 151 Å². The second kappa shape index (κ2) is 23.6. The van der Waals surface area contributed by atoms with E-state index < -0.39 is 0 Å². The molecule has 0 aliphatic rings. The second-order valence-corrected chi connectivity index (χ2v) is 4.86. The van der Waals surface area contributed by atoms with Crippen LogP contribution < -0.4 is 11.5 Å². The normalized spacial score (nSPS) is 11.3. The van der Waals surface area contributed by atoms with Gasteiger partial charge in [-0.1, -0.05) is 0 Å². The Kier molecular flexibility index (Phi) is 23.3. The summed E-state index contributed by atoms with van der Waals surface area (Å²) in [5, 5.41) is 0. The van der Waals surface area contributed by atoms with Crippen molar-refractivity contribution in [1.29, 1.82) is 0 Å². The summed E-state index contributed by atoms with van der Waals surface area (Å²) in [5.74, 6) is 0. The molecule has 0 saturated heterocycles. The van der Waals surface area contributed by atoms with E-state index in [-0.39, 0.29) is 0 Å². The van der Waals surface area contributed by atoms with Crippen molar-refractivity contribution >= 4 is 0 Å². The van der Waals surface area contributed by atoms with Gasteiger partial charge in [-0.25, -0.2) is 0 Å². The summed E-state index contributed by atoms with van der Waals surface area (Å²) in [5.41, 5.74) is 10.6. The molecule has 0 saturated carbocycles. The molecule has 0 fully saturated rings. The van der Waals surface area contributed by atoms with E-state index in [0.29, 0.717) is 106 Å². The van der Waals surface area contributed by atoms with Crippen LogP contribution in [0.25, 0.3) is 0 Å². The number of hydrogen-bond donors (Lipinski definition) is 2. The molecule has 0 aliphatic heterocycles. The molecule has 0 amide bonds. The second-order valence-electron chi connectivity index (χ2n) is 4.86. The lowest BCUT2D eigenvalue weighted by atomic mass is 10.6. The fourth-order valence-electron chi connectivity index (χ4n) is 1.59. The minimum Gasteiger partial charge on any atom is -0.378 e. The molecule has 9 nitrogen and oxygen atoms in total. The topological polar surface area (TPSA) is 117 Å². The molecule has 0 rings (SSSR count). The molecule has 0 heterocycles. The van der Waals surface area contributed by atoms with Gasteiger partial charge in [-0.05, 0) is 0 Å². The SMILES string of the molecule is NCCOCCOCCOCCOCCOCCOCCOCCN. The van der Waals surface area contributed by atoms with Crippen molar-refractivity contribution in [3.05, 3.63) is 0 Å². The van der Waals surface area contributed by atoms with Gasteiger partial charge in [-0.3, -0.25) is 0 Å². The molecule has 25 heavy (non-hydrogen) atoms. The maximum atomic E-state index is 5.38. The van der Waals surface area contributed by atoms with Crippen molar-refractivity contribution in [3.63, 3.8) is 0 Å². The van der Waals surface area contributed by atoms with Crippen LogP contribution in [0.5, 0.6) is 0 Å². The van der Waals surface area contributed by atoms with Gasteiger partial charge in [0.25, 0.3) is 0 Å². The molecule has 0 atom stereocenters. The summed E-state index contributed by atoms with van der Waals surface area (Å²) in [6, 6.07) is 0. The molecule has 4 N–H and O–H groups in total. The third kappa shape index (κ3) is 23.6. The van der Waals surface area contributed by atoms with E-state index in [4.69, 9.17) is 44.6 Å². The Morgan fingerprint density at radius 1 is 0.280 bits per heavy atom. The molecule has 0 bridgehead atoms. The van der Waals surface area contributed by atoms with E-state index in [1.54, 1.807) is 0 Å². The highest BCUT2D eigenvalue weighted by molar-refractivity contribution is 4.37. The lowest BCUT2D eigenvalue weighted by Gasteiger charge is -2.08. The van der Waals surface area contributed by atoms with Gasteiger partial charge >= 0.3 is 0 Å². The van der Waals surface area contributed by atoms with Gasteiger partial charge in [0.2, 0.25) is 0 Å². The summed E-state index contributed by atoms with van der Waals surface area (Å²) >= 11 is 0. The number of nitrogens with two attached hydrogens (primary N) is 2. The van der Waals surface area contributed by atoms with Crippen molar-refractivity contribution in [2.75, 3.05) is 106 Å². The molecular weight excluding hydrogens is 332 g/mol. The Morgan fingerprint density at radius 2 is 0.440 bits per heavy atom. The highest BCUT2D eigenvalue weighted by atomic mass is 16.6. The van der Waals surface area contributed by atoms with Crippen molar-refractivity contribution in [3.8, 4) is 0 Å². The van der Waals surface area contributed by atoms with Gasteiger partial charge < -0.3 is 44.6 Å². The Balaban J connectivity index is 2.94. The standard InChI is InChI=1S/C16H36N2O7/c17-1-3-19-5-7-21-9-11-23-13-15-25-16-14-24-12-10-22-8-6-20-4-2-18/h1-18H2. The Bertz CT molecular complexity index is 217. The van der Waals surface area contributed by atoms with Crippen LogP contribution in [-0.4, -0.2) is 106 Å². The first-order valence-electron chi connectivity index (χ1n) is 8.86. The molecule has 0 aromatic rings. The third-order valence-electron chi connectivity index (χ3n) is 2.76. The summed E-state index contributed by atoms with van der Waals surface area (Å²) in [6.07, 6.45) is 0. The van der Waals surface area contributed by atoms with Crippen molar-refractivity contribution in [2.24, 2.45) is 11.5 Å². The maximum absolute atomic E-state index is 5.38. The van der Waals surface area contributed by atoms with Gasteiger partial charge in [-0.2, -0.15) is 0 Å². The van der Waals surface area contributed by atoms with Crippen LogP contribution in [0.15, 0.2) is 0 Å². The van der Waals surface area contributed by atoms with Gasteiger partial charge in [-0.15, -0.1) is 0 Å². The lowest BCUT2D eigenvalue weighted by molar-refractivity contribution is -0.0200. The van der Waals surface area contributed by atoms with Crippen molar-refractivity contribution < 1.29 is 33.2 Å². The van der Waals surface area contributed by atoms with E-state index in [9.17, 15) is 0 Å². The van der Waals surface area contributed by atoms with Crippen LogP contribution in [0.4, 0.5) is 0 Å². The zero-order chi connectivity index (χ0) is 18.3. The molecule has 0 spiro atoms.